The lowest BCUT2D eigenvalue weighted by atomic mass is 10.1. The summed E-state index contributed by atoms with van der Waals surface area (Å²) in [4.78, 5) is 12.5. The van der Waals surface area contributed by atoms with Gasteiger partial charge < -0.3 is 9.47 Å². The van der Waals surface area contributed by atoms with E-state index in [0.29, 0.717) is 24.0 Å². The molecule has 1 aliphatic rings. The average Bonchev–Trinajstić information content (AvgIpc) is 3.22. The van der Waals surface area contributed by atoms with Crippen molar-refractivity contribution in [1.29, 1.82) is 0 Å². The molecule has 13 heteroatoms. The number of methoxy groups -OCH3 is 1. The second-order valence-electron chi connectivity index (χ2n) is 8.47. The van der Waals surface area contributed by atoms with Crippen molar-refractivity contribution >= 4 is 27.6 Å². The Hall–Kier alpha value is -2.67. The zero-order chi connectivity index (χ0) is 25.0. The number of aromatic nitrogens is 6. The van der Waals surface area contributed by atoms with E-state index in [1.807, 2.05) is 13.0 Å². The molecule has 35 heavy (non-hydrogen) atoms. The Labute approximate surface area is 209 Å². The Morgan fingerprint density at radius 1 is 1.23 bits per heavy atom. The lowest BCUT2D eigenvalue weighted by Gasteiger charge is -2.25. The first kappa shape index (κ1) is 25.4. The Morgan fingerprint density at radius 3 is 2.66 bits per heavy atom. The second kappa shape index (κ2) is 10.9. The second-order valence-corrected chi connectivity index (χ2v) is 10.9. The van der Waals surface area contributed by atoms with Crippen LogP contribution in [-0.4, -0.2) is 63.2 Å². The Kier molecular flexibility index (Phi) is 7.95. The van der Waals surface area contributed by atoms with Crippen molar-refractivity contribution < 1.29 is 17.9 Å². The van der Waals surface area contributed by atoms with E-state index in [1.54, 1.807) is 17.0 Å². The van der Waals surface area contributed by atoms with Gasteiger partial charge in [0.1, 0.15) is 11.4 Å². The molecule has 188 valence electrons. The van der Waals surface area contributed by atoms with Crippen LogP contribution in [-0.2, 0) is 26.0 Å². The standard InChI is InChI=1S/C22H28ClN7O4S/c1-14-8-16(10-24-9-14)21-27-28-22(30(21)13-18-6-4-5-7-34-18)29-35(31,32)15(2)19(33-3)20-25-11-17(23)12-26-20/h8-12,15,18-19H,4-7,13H2,1-3H3,(H,28,29)/t15?,18-,19?/m1/s1. The fourth-order valence-electron chi connectivity index (χ4n) is 3.96. The number of rotatable bonds is 9. The highest BCUT2D eigenvalue weighted by Crippen LogP contribution is 2.28. The topological polar surface area (TPSA) is 134 Å². The van der Waals surface area contributed by atoms with Gasteiger partial charge in [-0.3, -0.25) is 14.3 Å². The zero-order valence-corrected chi connectivity index (χ0v) is 21.3. The molecule has 4 rings (SSSR count). The van der Waals surface area contributed by atoms with Gasteiger partial charge in [0.25, 0.3) is 0 Å². The maximum absolute atomic E-state index is 13.4. The molecule has 0 saturated carbocycles. The van der Waals surface area contributed by atoms with Crippen molar-refractivity contribution in [3.05, 3.63) is 47.3 Å². The van der Waals surface area contributed by atoms with Crippen LogP contribution in [0.5, 0.6) is 0 Å². The molecule has 0 amide bonds. The summed E-state index contributed by atoms with van der Waals surface area (Å²) < 4.78 is 42.5. The Bertz CT molecular complexity index is 1250. The number of pyridine rings is 1. The van der Waals surface area contributed by atoms with Gasteiger partial charge in [-0.05, 0) is 44.7 Å². The number of nitrogens with one attached hydrogen (secondary N) is 1. The number of hydrogen-bond acceptors (Lipinski definition) is 9. The Morgan fingerprint density at radius 2 is 2.00 bits per heavy atom. The van der Waals surface area contributed by atoms with Crippen molar-refractivity contribution in [2.45, 2.75) is 57.1 Å². The van der Waals surface area contributed by atoms with Crippen LogP contribution < -0.4 is 4.72 Å². The van der Waals surface area contributed by atoms with Crippen LogP contribution in [0.3, 0.4) is 0 Å². The minimum Gasteiger partial charge on any atom is -0.376 e. The monoisotopic (exact) mass is 521 g/mol. The lowest BCUT2D eigenvalue weighted by molar-refractivity contribution is 0.00651. The molecular formula is C22H28ClN7O4S. The molecule has 0 bridgehead atoms. The van der Waals surface area contributed by atoms with Crippen LogP contribution >= 0.6 is 11.6 Å². The maximum Gasteiger partial charge on any atom is 0.240 e. The number of sulfonamides is 1. The summed E-state index contributed by atoms with van der Waals surface area (Å²) in [5.74, 6) is 0.804. The van der Waals surface area contributed by atoms with Gasteiger partial charge in [0.15, 0.2) is 11.6 Å². The molecule has 0 spiro atoms. The number of halogens is 1. The average molecular weight is 522 g/mol. The van der Waals surface area contributed by atoms with Crippen molar-refractivity contribution in [2.24, 2.45) is 0 Å². The third kappa shape index (κ3) is 5.95. The van der Waals surface area contributed by atoms with E-state index in [2.05, 4.69) is 29.9 Å². The fraction of sp³-hybridized carbons (Fsp3) is 0.500. The molecule has 1 saturated heterocycles. The van der Waals surface area contributed by atoms with Crippen LogP contribution in [0.25, 0.3) is 11.4 Å². The van der Waals surface area contributed by atoms with E-state index in [1.165, 1.54) is 26.4 Å². The minimum atomic E-state index is -3.99. The van der Waals surface area contributed by atoms with Gasteiger partial charge in [-0.25, -0.2) is 18.4 Å². The third-order valence-corrected chi connectivity index (χ3v) is 7.73. The first-order chi connectivity index (χ1) is 16.8. The van der Waals surface area contributed by atoms with Gasteiger partial charge in [0.2, 0.25) is 16.0 Å². The molecule has 0 aliphatic carbocycles. The van der Waals surface area contributed by atoms with Crippen LogP contribution in [0.4, 0.5) is 5.95 Å². The van der Waals surface area contributed by atoms with Crippen molar-refractivity contribution in [3.8, 4) is 11.4 Å². The SMILES string of the molecule is COC(c1ncc(Cl)cn1)C(C)S(=O)(=O)Nc1nnc(-c2cncc(C)c2)n1C[C@H]1CCCCO1. The normalized spacial score (nSPS) is 18.2. The molecule has 2 unspecified atom stereocenters. The summed E-state index contributed by atoms with van der Waals surface area (Å²) >= 11 is 5.87. The predicted octanol–water partition coefficient (Wildman–Crippen LogP) is 3.18. The van der Waals surface area contributed by atoms with E-state index in [4.69, 9.17) is 21.1 Å². The molecule has 1 N–H and O–H groups in total. The van der Waals surface area contributed by atoms with Gasteiger partial charge in [-0.2, -0.15) is 0 Å². The molecule has 1 fully saturated rings. The highest BCUT2D eigenvalue weighted by molar-refractivity contribution is 7.93. The van der Waals surface area contributed by atoms with E-state index in [-0.39, 0.29) is 17.9 Å². The minimum absolute atomic E-state index is 0.0777. The highest BCUT2D eigenvalue weighted by atomic mass is 35.5. The van der Waals surface area contributed by atoms with Gasteiger partial charge >= 0.3 is 0 Å². The molecule has 3 aromatic heterocycles. The molecule has 0 aromatic carbocycles. The molecule has 11 nitrogen and oxygen atoms in total. The summed E-state index contributed by atoms with van der Waals surface area (Å²) in [6.45, 7) is 4.51. The summed E-state index contributed by atoms with van der Waals surface area (Å²) in [5.41, 5.74) is 1.68. The summed E-state index contributed by atoms with van der Waals surface area (Å²) in [7, 11) is -2.59. The third-order valence-electron chi connectivity index (χ3n) is 5.84. The molecule has 0 radical (unpaired) electrons. The van der Waals surface area contributed by atoms with E-state index >= 15 is 0 Å². The smallest absolute Gasteiger partial charge is 0.240 e. The fourth-order valence-corrected chi connectivity index (χ4v) is 5.20. The summed E-state index contributed by atoms with van der Waals surface area (Å²) in [5, 5.41) is 7.76. The molecule has 3 aromatic rings. The number of aryl methyl sites for hydroxylation is 1. The number of anilines is 1. The highest BCUT2D eigenvalue weighted by Gasteiger charge is 2.34. The molecular weight excluding hydrogens is 494 g/mol. The van der Waals surface area contributed by atoms with Gasteiger partial charge in [-0.15, -0.1) is 10.2 Å². The Balaban J connectivity index is 1.65. The molecule has 1 aliphatic heterocycles. The van der Waals surface area contributed by atoms with E-state index in [9.17, 15) is 8.42 Å². The lowest BCUT2D eigenvalue weighted by Crippen LogP contribution is -2.34. The molecule has 3 atom stereocenters. The first-order valence-electron chi connectivity index (χ1n) is 11.3. The van der Waals surface area contributed by atoms with Gasteiger partial charge in [-0.1, -0.05) is 11.6 Å². The maximum atomic E-state index is 13.4. The van der Waals surface area contributed by atoms with Gasteiger partial charge in [0.05, 0.1) is 17.7 Å². The van der Waals surface area contributed by atoms with Crippen molar-refractivity contribution in [3.63, 3.8) is 0 Å². The van der Waals surface area contributed by atoms with Crippen molar-refractivity contribution in [1.82, 2.24) is 29.7 Å². The van der Waals surface area contributed by atoms with E-state index in [0.717, 1.165) is 30.4 Å². The largest absolute Gasteiger partial charge is 0.376 e. The summed E-state index contributed by atoms with van der Waals surface area (Å²) in [6.07, 6.45) is 8.12. The van der Waals surface area contributed by atoms with Crippen LogP contribution in [0, 0.1) is 6.92 Å². The van der Waals surface area contributed by atoms with Crippen LogP contribution in [0.1, 0.15) is 43.7 Å². The quantitative estimate of drug-likeness (QED) is 0.450. The number of nitrogens with zero attached hydrogens (tertiary/aromatic N) is 6. The number of hydrogen-bond donors (Lipinski definition) is 1. The first-order valence-corrected chi connectivity index (χ1v) is 13.2. The summed E-state index contributed by atoms with van der Waals surface area (Å²) in [6, 6.07) is 1.93. The predicted molar refractivity (Wildman–Crippen MR) is 130 cm³/mol. The van der Waals surface area contributed by atoms with Crippen LogP contribution in [0.15, 0.2) is 30.9 Å². The van der Waals surface area contributed by atoms with Crippen LogP contribution in [0.2, 0.25) is 5.02 Å². The number of ether oxygens (including phenoxy) is 2. The van der Waals surface area contributed by atoms with Crippen molar-refractivity contribution in [2.75, 3.05) is 18.4 Å². The molecule has 4 heterocycles. The van der Waals surface area contributed by atoms with E-state index < -0.39 is 21.4 Å². The zero-order valence-electron chi connectivity index (χ0n) is 19.8. The van der Waals surface area contributed by atoms with Gasteiger partial charge in [0, 0.05) is 44.1 Å².